The van der Waals surface area contributed by atoms with Gasteiger partial charge < -0.3 is 20.9 Å². The molecule has 6 fully saturated rings. The molecule has 49 heavy (non-hydrogen) atoms. The summed E-state index contributed by atoms with van der Waals surface area (Å²) in [6.07, 6.45) is 43.5. The summed E-state index contributed by atoms with van der Waals surface area (Å²) in [7, 11) is 0. The molecule has 0 radical (unpaired) electrons. The molecule has 0 heterocycles. The van der Waals surface area contributed by atoms with E-state index in [9.17, 15) is 0 Å². The van der Waals surface area contributed by atoms with E-state index in [1.807, 2.05) is 0 Å². The monoisotopic (exact) mass is 678 g/mol. The number of hydrogen-bond acceptors (Lipinski definition) is 1. The van der Waals surface area contributed by atoms with Gasteiger partial charge in [-0.15, -0.1) is 37.8 Å². The first kappa shape index (κ1) is 38.6. The zero-order valence-electron chi connectivity index (χ0n) is 32.4. The van der Waals surface area contributed by atoms with E-state index in [0.717, 1.165) is 74.8 Å². The van der Waals surface area contributed by atoms with Crippen molar-refractivity contribution in [2.75, 3.05) is 39.3 Å². The maximum absolute atomic E-state index is 5.69. The van der Waals surface area contributed by atoms with Crippen LogP contribution in [0.5, 0.6) is 0 Å². The summed E-state index contributed by atoms with van der Waals surface area (Å²) in [4.78, 5) is 2.80. The Kier molecular flexibility index (Phi) is 17.4. The Morgan fingerprint density at radius 1 is 0.286 bits per heavy atom. The van der Waals surface area contributed by atoms with Gasteiger partial charge in [-0.3, -0.25) is 0 Å². The zero-order valence-corrected chi connectivity index (χ0v) is 32.4. The second-order valence-electron chi connectivity index (χ2n) is 18.4. The standard InChI is InChI=1S/C45H81N4/c1-7-19-37(20-8-1)43(38-21-9-2-10-22-38)46-31-34-49(35-32-47-44(39-23-11-3-12-24-39)40-25-13-4-14-26-40)36-33-48-45(41-27-15-5-16-28-41)42-29-17-6-18-30-42/h37-45H,1-36H2/q-3. The Labute approximate surface area is 305 Å². The number of hydrogen-bond donors (Lipinski definition) is 0. The summed E-state index contributed by atoms with van der Waals surface area (Å²) in [5.41, 5.74) is 0. The van der Waals surface area contributed by atoms with Crippen LogP contribution in [0.25, 0.3) is 16.0 Å². The van der Waals surface area contributed by atoms with Crippen molar-refractivity contribution in [3.8, 4) is 0 Å². The minimum Gasteiger partial charge on any atom is -0.658 e. The fraction of sp³-hybridized carbons (Fsp3) is 1.00. The van der Waals surface area contributed by atoms with E-state index in [1.54, 1.807) is 0 Å². The van der Waals surface area contributed by atoms with Gasteiger partial charge in [-0.2, -0.15) is 0 Å². The molecule has 0 atom stereocenters. The van der Waals surface area contributed by atoms with Gasteiger partial charge in [0.25, 0.3) is 0 Å². The third-order valence-corrected chi connectivity index (χ3v) is 15.1. The summed E-state index contributed by atoms with van der Waals surface area (Å²) < 4.78 is 0. The highest BCUT2D eigenvalue weighted by Crippen LogP contribution is 2.42. The van der Waals surface area contributed by atoms with E-state index >= 15 is 0 Å². The molecule has 0 unspecified atom stereocenters. The van der Waals surface area contributed by atoms with E-state index in [4.69, 9.17) is 16.0 Å². The van der Waals surface area contributed by atoms with Gasteiger partial charge >= 0.3 is 0 Å². The minimum atomic E-state index is 0.640. The van der Waals surface area contributed by atoms with Gasteiger partial charge in [0.2, 0.25) is 0 Å². The first-order chi connectivity index (χ1) is 24.3. The predicted molar refractivity (Wildman–Crippen MR) is 212 cm³/mol. The van der Waals surface area contributed by atoms with E-state index in [1.165, 1.54) is 193 Å². The average Bonchev–Trinajstić information content (AvgIpc) is 3.18. The Morgan fingerprint density at radius 3 is 0.653 bits per heavy atom. The van der Waals surface area contributed by atoms with Crippen LogP contribution in [0.2, 0.25) is 0 Å². The molecule has 0 aromatic rings. The molecule has 4 nitrogen and oxygen atoms in total. The van der Waals surface area contributed by atoms with Crippen LogP contribution in [-0.4, -0.2) is 62.3 Å². The molecule has 0 aromatic carbocycles. The third kappa shape index (κ3) is 12.5. The quantitative estimate of drug-likeness (QED) is 0.142. The molecule has 6 saturated carbocycles. The van der Waals surface area contributed by atoms with Crippen LogP contribution in [0.1, 0.15) is 193 Å². The van der Waals surface area contributed by atoms with Crippen LogP contribution in [0.3, 0.4) is 0 Å². The van der Waals surface area contributed by atoms with Gasteiger partial charge in [0.1, 0.15) is 0 Å². The van der Waals surface area contributed by atoms with Gasteiger partial charge in [0.15, 0.2) is 0 Å². The van der Waals surface area contributed by atoms with Crippen LogP contribution in [-0.2, 0) is 0 Å². The van der Waals surface area contributed by atoms with Gasteiger partial charge in [-0.25, -0.2) is 0 Å². The highest BCUT2D eigenvalue weighted by atomic mass is 15.2. The Balaban J connectivity index is 1.06. The van der Waals surface area contributed by atoms with Crippen LogP contribution in [0.4, 0.5) is 0 Å². The van der Waals surface area contributed by atoms with E-state index < -0.39 is 0 Å². The van der Waals surface area contributed by atoms with Crippen molar-refractivity contribution in [1.82, 2.24) is 4.90 Å². The Morgan fingerprint density at radius 2 is 0.469 bits per heavy atom. The maximum atomic E-state index is 5.69. The largest absolute Gasteiger partial charge is 0.658 e. The third-order valence-electron chi connectivity index (χ3n) is 15.1. The smallest absolute Gasteiger partial charge is 0.0209 e. The lowest BCUT2D eigenvalue weighted by molar-refractivity contribution is 0.212. The minimum absolute atomic E-state index is 0.640. The lowest BCUT2D eigenvalue weighted by Gasteiger charge is -2.49. The highest BCUT2D eigenvalue weighted by Gasteiger charge is 2.28. The van der Waals surface area contributed by atoms with Gasteiger partial charge in [0, 0.05) is 0 Å². The first-order valence-electron chi connectivity index (χ1n) is 23.1. The fourth-order valence-electron chi connectivity index (χ4n) is 12.3. The topological polar surface area (TPSA) is 45.5 Å². The van der Waals surface area contributed by atoms with Gasteiger partial charge in [0.05, 0.1) is 0 Å². The summed E-state index contributed by atoms with van der Waals surface area (Å²) >= 11 is 0. The molecule has 6 rings (SSSR count). The molecule has 284 valence electrons. The van der Waals surface area contributed by atoms with Crippen molar-refractivity contribution in [2.45, 2.75) is 211 Å². The Bertz CT molecular complexity index is 664. The molecule has 0 aromatic heterocycles. The molecule has 4 heteroatoms. The molecule has 0 amide bonds. The van der Waals surface area contributed by atoms with Crippen molar-refractivity contribution in [3.63, 3.8) is 0 Å². The van der Waals surface area contributed by atoms with Crippen molar-refractivity contribution in [3.05, 3.63) is 16.0 Å². The SMILES string of the molecule is C1CCC(C([N-]CCN(CC[N-]C(C2CCCCC2)C2CCCCC2)CC[N-]C(C2CCCCC2)C2CCCCC2)C2CCCCC2)CC1. The van der Waals surface area contributed by atoms with Crippen molar-refractivity contribution >= 4 is 0 Å². The molecule has 0 bridgehead atoms. The van der Waals surface area contributed by atoms with Crippen LogP contribution in [0, 0.1) is 35.5 Å². The summed E-state index contributed by atoms with van der Waals surface area (Å²) in [6, 6.07) is 1.92. The van der Waals surface area contributed by atoms with E-state index in [2.05, 4.69) is 4.90 Å². The summed E-state index contributed by atoms with van der Waals surface area (Å²) in [5, 5.41) is 17.1. The molecular formula is C45H81N4-3. The summed E-state index contributed by atoms with van der Waals surface area (Å²) in [6.45, 7) is 6.53. The predicted octanol–water partition coefficient (Wildman–Crippen LogP) is 13.0. The molecule has 0 aliphatic heterocycles. The highest BCUT2D eigenvalue weighted by molar-refractivity contribution is 5.05. The van der Waals surface area contributed by atoms with Crippen molar-refractivity contribution < 1.29 is 0 Å². The van der Waals surface area contributed by atoms with Gasteiger partial charge in [-0.1, -0.05) is 228 Å². The van der Waals surface area contributed by atoms with Crippen LogP contribution < -0.4 is 0 Å². The zero-order chi connectivity index (χ0) is 33.4. The molecule has 0 spiro atoms. The second kappa shape index (κ2) is 22.1. The molecule has 6 aliphatic carbocycles. The lowest BCUT2D eigenvalue weighted by atomic mass is 9.73. The molecule has 0 N–H and O–H groups in total. The molecule has 6 aliphatic rings. The van der Waals surface area contributed by atoms with Gasteiger partial charge in [-0.05, 0) is 19.6 Å². The molecular weight excluding hydrogens is 597 g/mol. The maximum Gasteiger partial charge on any atom is -0.0209 e. The Hall–Kier alpha value is -0.160. The molecule has 0 saturated heterocycles. The fourth-order valence-corrected chi connectivity index (χ4v) is 12.3. The normalized spacial score (nSPS) is 25.7. The van der Waals surface area contributed by atoms with Crippen molar-refractivity contribution in [2.24, 2.45) is 35.5 Å². The average molecular weight is 678 g/mol. The number of rotatable bonds is 18. The van der Waals surface area contributed by atoms with Crippen LogP contribution >= 0.6 is 0 Å². The first-order valence-corrected chi connectivity index (χ1v) is 23.1. The van der Waals surface area contributed by atoms with E-state index in [0.29, 0.717) is 18.1 Å². The van der Waals surface area contributed by atoms with E-state index in [-0.39, 0.29) is 0 Å². The number of nitrogens with zero attached hydrogens (tertiary/aromatic N) is 4. The summed E-state index contributed by atoms with van der Waals surface area (Å²) in [5.74, 6) is 5.22. The second-order valence-corrected chi connectivity index (χ2v) is 18.4. The van der Waals surface area contributed by atoms with Crippen molar-refractivity contribution in [1.29, 1.82) is 0 Å². The lowest BCUT2D eigenvalue weighted by Crippen LogP contribution is -2.38. The van der Waals surface area contributed by atoms with Crippen LogP contribution in [0.15, 0.2) is 0 Å².